The minimum absolute atomic E-state index is 0.280. The molecular formula is C18H21NO. The second-order valence-corrected chi connectivity index (χ2v) is 5.33. The van der Waals surface area contributed by atoms with Crippen LogP contribution in [0.2, 0.25) is 0 Å². The number of hydrogen-bond acceptors (Lipinski definition) is 2. The Morgan fingerprint density at radius 1 is 1.00 bits per heavy atom. The predicted octanol–water partition coefficient (Wildman–Crippen LogP) is 3.77. The third-order valence-corrected chi connectivity index (χ3v) is 4.10. The van der Waals surface area contributed by atoms with Crippen LogP contribution in [0.4, 0.5) is 0 Å². The van der Waals surface area contributed by atoms with Gasteiger partial charge in [0.25, 0.3) is 0 Å². The molecule has 1 aliphatic carbocycles. The number of nitrogens with one attached hydrogen (secondary N) is 1. The molecule has 0 saturated heterocycles. The lowest BCUT2D eigenvalue weighted by atomic mass is 10.0. The van der Waals surface area contributed by atoms with Crippen molar-refractivity contribution in [3.63, 3.8) is 0 Å². The highest BCUT2D eigenvalue weighted by Gasteiger charge is 2.29. The van der Waals surface area contributed by atoms with E-state index in [1.54, 1.807) is 7.11 Å². The lowest BCUT2D eigenvalue weighted by Gasteiger charge is -2.23. The molecule has 0 fully saturated rings. The number of ether oxygens (including phenoxy) is 1. The summed E-state index contributed by atoms with van der Waals surface area (Å²) in [5.41, 5.74) is 5.47. The van der Waals surface area contributed by atoms with E-state index >= 15 is 0 Å². The van der Waals surface area contributed by atoms with Crippen molar-refractivity contribution < 1.29 is 4.74 Å². The topological polar surface area (TPSA) is 21.3 Å². The first kappa shape index (κ1) is 13.3. The van der Waals surface area contributed by atoms with E-state index in [1.165, 1.54) is 22.3 Å². The molecule has 104 valence electrons. The minimum Gasteiger partial charge on any atom is -0.383 e. The third kappa shape index (κ3) is 2.26. The third-order valence-electron chi connectivity index (χ3n) is 4.10. The Hall–Kier alpha value is -1.64. The van der Waals surface area contributed by atoms with Crippen molar-refractivity contribution in [3.8, 4) is 11.1 Å². The van der Waals surface area contributed by atoms with E-state index in [0.717, 1.165) is 13.0 Å². The Kier molecular flexibility index (Phi) is 3.86. The summed E-state index contributed by atoms with van der Waals surface area (Å²) in [4.78, 5) is 0. The molecule has 1 aliphatic rings. The Morgan fingerprint density at radius 2 is 1.55 bits per heavy atom. The molecule has 0 radical (unpaired) electrons. The molecule has 20 heavy (non-hydrogen) atoms. The molecule has 0 aromatic heterocycles. The van der Waals surface area contributed by atoms with Gasteiger partial charge in [0.2, 0.25) is 0 Å². The van der Waals surface area contributed by atoms with Crippen molar-refractivity contribution in [2.75, 3.05) is 13.7 Å². The van der Waals surface area contributed by atoms with E-state index < -0.39 is 0 Å². The van der Waals surface area contributed by atoms with Gasteiger partial charge in [-0.15, -0.1) is 0 Å². The normalized spacial score (nSPS) is 14.9. The van der Waals surface area contributed by atoms with Crippen LogP contribution in [0, 0.1) is 0 Å². The molecule has 2 aromatic carbocycles. The number of methoxy groups -OCH3 is 1. The summed E-state index contributed by atoms with van der Waals surface area (Å²) in [5.74, 6) is 0. The van der Waals surface area contributed by atoms with E-state index in [4.69, 9.17) is 4.74 Å². The lowest BCUT2D eigenvalue weighted by Crippen LogP contribution is -2.35. The summed E-state index contributed by atoms with van der Waals surface area (Å²) in [7, 11) is 1.76. The van der Waals surface area contributed by atoms with Gasteiger partial charge in [-0.25, -0.2) is 0 Å². The molecular weight excluding hydrogens is 246 g/mol. The standard InChI is InChI=1S/C18H21NO/c1-3-13(12-20-2)19-18-16-10-6-4-8-14(16)15-9-5-7-11-17(15)18/h4-11,13,18-19H,3,12H2,1-2H3. The molecule has 0 saturated carbocycles. The summed E-state index contributed by atoms with van der Waals surface area (Å²) in [6, 6.07) is 18.0. The van der Waals surface area contributed by atoms with Gasteiger partial charge in [0.1, 0.15) is 0 Å². The zero-order valence-electron chi connectivity index (χ0n) is 12.1. The van der Waals surface area contributed by atoms with Gasteiger partial charge >= 0.3 is 0 Å². The fourth-order valence-corrected chi connectivity index (χ4v) is 3.06. The van der Waals surface area contributed by atoms with Crippen LogP contribution in [0.5, 0.6) is 0 Å². The van der Waals surface area contributed by atoms with Crippen LogP contribution < -0.4 is 5.32 Å². The van der Waals surface area contributed by atoms with Crippen LogP contribution in [0.1, 0.15) is 30.5 Å². The van der Waals surface area contributed by atoms with Crippen molar-refractivity contribution in [1.29, 1.82) is 0 Å². The maximum atomic E-state index is 5.32. The van der Waals surface area contributed by atoms with Gasteiger partial charge in [0.05, 0.1) is 12.6 Å². The molecule has 0 spiro atoms. The highest BCUT2D eigenvalue weighted by atomic mass is 16.5. The smallest absolute Gasteiger partial charge is 0.0616 e. The van der Waals surface area contributed by atoms with Crippen molar-refractivity contribution in [2.24, 2.45) is 0 Å². The van der Waals surface area contributed by atoms with Gasteiger partial charge < -0.3 is 10.1 Å². The second kappa shape index (κ2) is 5.78. The van der Waals surface area contributed by atoms with Gasteiger partial charge in [-0.3, -0.25) is 0 Å². The van der Waals surface area contributed by atoms with Gasteiger partial charge in [0, 0.05) is 13.2 Å². The van der Waals surface area contributed by atoms with E-state index in [9.17, 15) is 0 Å². The number of benzene rings is 2. The highest BCUT2D eigenvalue weighted by Crippen LogP contribution is 2.43. The Labute approximate surface area is 120 Å². The Morgan fingerprint density at radius 3 is 2.05 bits per heavy atom. The summed E-state index contributed by atoms with van der Waals surface area (Å²) in [6.07, 6.45) is 1.06. The van der Waals surface area contributed by atoms with E-state index in [-0.39, 0.29) is 6.04 Å². The number of fused-ring (bicyclic) bond motifs is 3. The zero-order chi connectivity index (χ0) is 13.9. The SMILES string of the molecule is CCC(COC)NC1c2ccccc2-c2ccccc21. The van der Waals surface area contributed by atoms with Crippen LogP contribution in [0.3, 0.4) is 0 Å². The van der Waals surface area contributed by atoms with E-state index in [2.05, 4.69) is 60.8 Å². The van der Waals surface area contributed by atoms with Crippen LogP contribution in [0.25, 0.3) is 11.1 Å². The molecule has 2 nitrogen and oxygen atoms in total. The maximum absolute atomic E-state index is 5.32. The molecule has 0 amide bonds. The van der Waals surface area contributed by atoms with Crippen LogP contribution in [-0.4, -0.2) is 19.8 Å². The summed E-state index contributed by atoms with van der Waals surface area (Å²) in [5, 5.41) is 3.75. The summed E-state index contributed by atoms with van der Waals surface area (Å²) >= 11 is 0. The van der Waals surface area contributed by atoms with Crippen molar-refractivity contribution >= 4 is 0 Å². The average molecular weight is 267 g/mol. The molecule has 0 aliphatic heterocycles. The maximum Gasteiger partial charge on any atom is 0.0616 e. The minimum atomic E-state index is 0.280. The van der Waals surface area contributed by atoms with E-state index in [0.29, 0.717) is 6.04 Å². The van der Waals surface area contributed by atoms with Crippen LogP contribution in [-0.2, 0) is 4.74 Å². The molecule has 2 aromatic rings. The zero-order valence-corrected chi connectivity index (χ0v) is 12.1. The molecule has 1 N–H and O–H groups in total. The Balaban J connectivity index is 1.98. The molecule has 0 heterocycles. The predicted molar refractivity (Wildman–Crippen MR) is 82.8 cm³/mol. The van der Waals surface area contributed by atoms with Gasteiger partial charge in [-0.1, -0.05) is 55.5 Å². The van der Waals surface area contributed by atoms with Crippen LogP contribution >= 0.6 is 0 Å². The first-order valence-corrected chi connectivity index (χ1v) is 7.28. The fraction of sp³-hybridized carbons (Fsp3) is 0.333. The molecule has 3 rings (SSSR count). The Bertz CT molecular complexity index is 548. The van der Waals surface area contributed by atoms with Crippen LogP contribution in [0.15, 0.2) is 48.5 Å². The highest BCUT2D eigenvalue weighted by molar-refractivity contribution is 5.78. The van der Waals surface area contributed by atoms with Crippen molar-refractivity contribution in [1.82, 2.24) is 5.32 Å². The van der Waals surface area contributed by atoms with Crippen molar-refractivity contribution in [2.45, 2.75) is 25.4 Å². The fourth-order valence-electron chi connectivity index (χ4n) is 3.06. The molecule has 1 atom stereocenters. The second-order valence-electron chi connectivity index (χ2n) is 5.33. The van der Waals surface area contributed by atoms with Gasteiger partial charge in [-0.2, -0.15) is 0 Å². The molecule has 2 heteroatoms. The summed E-state index contributed by atoms with van der Waals surface area (Å²) in [6.45, 7) is 2.95. The largest absolute Gasteiger partial charge is 0.383 e. The van der Waals surface area contributed by atoms with Gasteiger partial charge in [0.15, 0.2) is 0 Å². The number of hydrogen-bond donors (Lipinski definition) is 1. The molecule has 1 unspecified atom stereocenters. The van der Waals surface area contributed by atoms with Gasteiger partial charge in [-0.05, 0) is 28.7 Å². The monoisotopic (exact) mass is 267 g/mol. The molecule has 0 bridgehead atoms. The van der Waals surface area contributed by atoms with E-state index in [1.807, 2.05) is 0 Å². The lowest BCUT2D eigenvalue weighted by molar-refractivity contribution is 0.161. The van der Waals surface area contributed by atoms with Crippen molar-refractivity contribution in [3.05, 3.63) is 59.7 Å². The first-order valence-electron chi connectivity index (χ1n) is 7.28. The average Bonchev–Trinajstić information content (AvgIpc) is 2.82. The first-order chi connectivity index (χ1) is 9.85. The number of rotatable bonds is 5. The summed E-state index contributed by atoms with van der Waals surface area (Å²) < 4.78 is 5.32. The quantitative estimate of drug-likeness (QED) is 0.890.